The second-order valence-electron chi connectivity index (χ2n) is 4.18. The normalized spacial score (nSPS) is 10.9. The number of pyridine rings is 1. The fourth-order valence-electron chi connectivity index (χ4n) is 1.65. The molecule has 2 rings (SSSR count). The molecule has 0 aliphatic heterocycles. The fraction of sp³-hybridized carbons (Fsp3) is 0.333. The highest BCUT2D eigenvalue weighted by Crippen LogP contribution is 2.29. The summed E-state index contributed by atoms with van der Waals surface area (Å²) in [7, 11) is 0. The largest absolute Gasteiger partial charge is 0.367 e. The third-order valence-electron chi connectivity index (χ3n) is 2.31. The number of rotatable bonds is 3. The molecule has 0 amide bonds. The molecule has 84 valence electrons. The summed E-state index contributed by atoms with van der Waals surface area (Å²) in [6, 6.07) is 5.70. The Balaban J connectivity index is 2.43. The van der Waals surface area contributed by atoms with Gasteiger partial charge in [0.05, 0.1) is 17.0 Å². The van der Waals surface area contributed by atoms with Crippen molar-refractivity contribution >= 4 is 5.88 Å². The van der Waals surface area contributed by atoms with Crippen molar-refractivity contribution in [2.75, 3.05) is 5.73 Å². The second-order valence-corrected chi connectivity index (χ2v) is 4.18. The Morgan fingerprint density at radius 2 is 2.19 bits per heavy atom. The van der Waals surface area contributed by atoms with Crippen LogP contribution in [0.4, 0.5) is 5.88 Å². The minimum atomic E-state index is 0.342. The molecule has 4 heteroatoms. The zero-order valence-electron chi connectivity index (χ0n) is 9.47. The lowest BCUT2D eigenvalue weighted by atomic mass is 10.0. The SMILES string of the molecule is CC(C)Cc1noc(N)c1-c1ccccn1. The summed E-state index contributed by atoms with van der Waals surface area (Å²) in [6.07, 6.45) is 2.58. The van der Waals surface area contributed by atoms with Gasteiger partial charge in [-0.05, 0) is 24.5 Å². The maximum absolute atomic E-state index is 5.78. The first-order chi connectivity index (χ1) is 7.68. The number of hydrogen-bond acceptors (Lipinski definition) is 4. The summed E-state index contributed by atoms with van der Waals surface area (Å²) in [6.45, 7) is 4.26. The average molecular weight is 217 g/mol. The number of nitrogen functional groups attached to an aromatic ring is 1. The Kier molecular flexibility index (Phi) is 2.90. The van der Waals surface area contributed by atoms with Crippen LogP contribution in [0.5, 0.6) is 0 Å². The standard InChI is InChI=1S/C12H15N3O/c1-8(2)7-10-11(12(13)16-15-10)9-5-3-4-6-14-9/h3-6,8H,7,13H2,1-2H3. The third kappa shape index (κ3) is 2.05. The molecule has 0 bridgehead atoms. The van der Waals surface area contributed by atoms with E-state index in [4.69, 9.17) is 10.3 Å². The monoisotopic (exact) mass is 217 g/mol. The number of anilines is 1. The van der Waals surface area contributed by atoms with Gasteiger partial charge in [0.2, 0.25) is 5.88 Å². The Labute approximate surface area is 94.5 Å². The number of nitrogens with two attached hydrogens (primary N) is 1. The van der Waals surface area contributed by atoms with Gasteiger partial charge in [0.25, 0.3) is 0 Å². The van der Waals surface area contributed by atoms with Crippen molar-refractivity contribution in [1.82, 2.24) is 10.1 Å². The van der Waals surface area contributed by atoms with Gasteiger partial charge in [0.1, 0.15) is 0 Å². The number of nitrogens with zero attached hydrogens (tertiary/aromatic N) is 2. The molecule has 2 aromatic rings. The first-order valence-corrected chi connectivity index (χ1v) is 5.34. The number of hydrogen-bond donors (Lipinski definition) is 1. The second kappa shape index (κ2) is 4.35. The van der Waals surface area contributed by atoms with Crippen molar-refractivity contribution in [3.63, 3.8) is 0 Å². The van der Waals surface area contributed by atoms with E-state index in [1.807, 2.05) is 18.2 Å². The first kappa shape index (κ1) is 10.7. The minimum Gasteiger partial charge on any atom is -0.367 e. The van der Waals surface area contributed by atoms with Gasteiger partial charge >= 0.3 is 0 Å². The highest BCUT2D eigenvalue weighted by Gasteiger charge is 2.17. The van der Waals surface area contributed by atoms with Crippen LogP contribution >= 0.6 is 0 Å². The summed E-state index contributed by atoms with van der Waals surface area (Å²) in [5, 5.41) is 3.99. The lowest BCUT2D eigenvalue weighted by molar-refractivity contribution is 0.422. The molecule has 0 saturated heterocycles. The molecule has 0 aliphatic carbocycles. The lowest BCUT2D eigenvalue weighted by Crippen LogP contribution is -1.98. The average Bonchev–Trinajstić information content (AvgIpc) is 2.60. The lowest BCUT2D eigenvalue weighted by Gasteiger charge is -2.03. The van der Waals surface area contributed by atoms with Gasteiger partial charge in [-0.3, -0.25) is 4.98 Å². The molecule has 16 heavy (non-hydrogen) atoms. The van der Waals surface area contributed by atoms with Crippen molar-refractivity contribution in [2.24, 2.45) is 5.92 Å². The van der Waals surface area contributed by atoms with Crippen LogP contribution in [0.1, 0.15) is 19.5 Å². The van der Waals surface area contributed by atoms with Gasteiger partial charge in [0, 0.05) is 6.20 Å². The van der Waals surface area contributed by atoms with E-state index in [2.05, 4.69) is 24.0 Å². The maximum atomic E-state index is 5.78. The van der Waals surface area contributed by atoms with Crippen LogP contribution in [0.3, 0.4) is 0 Å². The predicted molar refractivity (Wildman–Crippen MR) is 62.7 cm³/mol. The Morgan fingerprint density at radius 1 is 1.38 bits per heavy atom. The van der Waals surface area contributed by atoms with Crippen molar-refractivity contribution in [1.29, 1.82) is 0 Å². The van der Waals surface area contributed by atoms with E-state index in [0.717, 1.165) is 23.4 Å². The molecule has 0 saturated carbocycles. The minimum absolute atomic E-state index is 0.342. The summed E-state index contributed by atoms with van der Waals surface area (Å²) < 4.78 is 5.04. The Morgan fingerprint density at radius 3 is 2.81 bits per heavy atom. The van der Waals surface area contributed by atoms with Gasteiger partial charge < -0.3 is 10.3 Å². The first-order valence-electron chi connectivity index (χ1n) is 5.34. The van der Waals surface area contributed by atoms with Crippen LogP contribution in [0.2, 0.25) is 0 Å². The van der Waals surface area contributed by atoms with E-state index >= 15 is 0 Å². The molecule has 2 aromatic heterocycles. The molecule has 0 atom stereocenters. The predicted octanol–water partition coefficient (Wildman–Crippen LogP) is 2.52. The summed E-state index contributed by atoms with van der Waals surface area (Å²) >= 11 is 0. The van der Waals surface area contributed by atoms with Crippen LogP contribution in [-0.4, -0.2) is 10.1 Å². The van der Waals surface area contributed by atoms with Crippen molar-refractivity contribution in [2.45, 2.75) is 20.3 Å². The fourth-order valence-corrected chi connectivity index (χ4v) is 1.65. The van der Waals surface area contributed by atoms with Crippen LogP contribution in [0.25, 0.3) is 11.3 Å². The molecule has 2 N–H and O–H groups in total. The Bertz CT molecular complexity index is 462. The Hall–Kier alpha value is -1.84. The van der Waals surface area contributed by atoms with E-state index in [1.54, 1.807) is 6.20 Å². The van der Waals surface area contributed by atoms with Crippen LogP contribution in [0, 0.1) is 5.92 Å². The third-order valence-corrected chi connectivity index (χ3v) is 2.31. The van der Waals surface area contributed by atoms with Gasteiger partial charge in [-0.1, -0.05) is 25.1 Å². The van der Waals surface area contributed by atoms with Gasteiger partial charge in [-0.25, -0.2) is 0 Å². The van der Waals surface area contributed by atoms with E-state index in [1.165, 1.54) is 0 Å². The van der Waals surface area contributed by atoms with Crippen LogP contribution in [0.15, 0.2) is 28.9 Å². The van der Waals surface area contributed by atoms with Crippen LogP contribution in [-0.2, 0) is 6.42 Å². The van der Waals surface area contributed by atoms with E-state index in [-0.39, 0.29) is 0 Å². The molecule has 0 aliphatic rings. The van der Waals surface area contributed by atoms with E-state index in [9.17, 15) is 0 Å². The molecule has 0 aromatic carbocycles. The molecule has 0 unspecified atom stereocenters. The van der Waals surface area contributed by atoms with E-state index < -0.39 is 0 Å². The highest BCUT2D eigenvalue weighted by atomic mass is 16.5. The summed E-state index contributed by atoms with van der Waals surface area (Å²) in [5.41, 5.74) is 8.31. The van der Waals surface area contributed by atoms with Crippen molar-refractivity contribution in [3.05, 3.63) is 30.1 Å². The van der Waals surface area contributed by atoms with Crippen LogP contribution < -0.4 is 5.73 Å². The molecular formula is C12H15N3O. The molecular weight excluding hydrogens is 202 g/mol. The zero-order chi connectivity index (χ0) is 11.5. The highest BCUT2D eigenvalue weighted by molar-refractivity contribution is 5.71. The van der Waals surface area contributed by atoms with Gasteiger partial charge in [0.15, 0.2) is 0 Å². The topological polar surface area (TPSA) is 64.9 Å². The molecule has 0 fully saturated rings. The molecule has 2 heterocycles. The quantitative estimate of drug-likeness (QED) is 0.857. The zero-order valence-corrected chi connectivity index (χ0v) is 9.47. The molecule has 0 radical (unpaired) electrons. The summed E-state index contributed by atoms with van der Waals surface area (Å²) in [4.78, 5) is 4.27. The molecule has 0 spiro atoms. The van der Waals surface area contributed by atoms with Gasteiger partial charge in [-0.15, -0.1) is 0 Å². The summed E-state index contributed by atoms with van der Waals surface area (Å²) in [5.74, 6) is 0.848. The van der Waals surface area contributed by atoms with Crippen molar-refractivity contribution < 1.29 is 4.52 Å². The number of aromatic nitrogens is 2. The van der Waals surface area contributed by atoms with Crippen molar-refractivity contribution in [3.8, 4) is 11.3 Å². The smallest absolute Gasteiger partial charge is 0.231 e. The molecule has 4 nitrogen and oxygen atoms in total. The maximum Gasteiger partial charge on any atom is 0.231 e. The van der Waals surface area contributed by atoms with E-state index in [0.29, 0.717) is 11.8 Å². The van der Waals surface area contributed by atoms with Gasteiger partial charge in [-0.2, -0.15) is 0 Å².